The molecule has 0 saturated carbocycles. The van der Waals surface area contributed by atoms with Crippen LogP contribution in [-0.4, -0.2) is 55.5 Å². The van der Waals surface area contributed by atoms with Gasteiger partial charge in [-0.3, -0.25) is 4.90 Å². The highest BCUT2D eigenvalue weighted by atomic mass is 16.4. The lowest BCUT2D eigenvalue weighted by Crippen LogP contribution is -2.47. The summed E-state index contributed by atoms with van der Waals surface area (Å²) >= 11 is 0. The summed E-state index contributed by atoms with van der Waals surface area (Å²) in [5, 5.41) is 32.9. The maximum absolute atomic E-state index is 10.2. The third kappa shape index (κ3) is 8.91. The maximum Gasteiger partial charge on any atom is 0.0555 e. The molecule has 0 aliphatic heterocycles. The van der Waals surface area contributed by atoms with Gasteiger partial charge in [0.05, 0.1) is 17.9 Å². The van der Waals surface area contributed by atoms with Crippen LogP contribution < -0.4 is 20.6 Å². The van der Waals surface area contributed by atoms with Gasteiger partial charge < -0.3 is 35.0 Å². The van der Waals surface area contributed by atoms with Crippen LogP contribution in [0.2, 0.25) is 0 Å². The Morgan fingerprint density at radius 2 is 1.44 bits per heavy atom. The third-order valence-electron chi connectivity index (χ3n) is 1.58. The molecule has 1 N–H and O–H groups in total. The van der Waals surface area contributed by atoms with E-state index >= 15 is 0 Å². The molecule has 0 saturated heterocycles. The molecule has 0 atom stereocenters. The van der Waals surface area contributed by atoms with Crippen LogP contribution in [0.15, 0.2) is 0 Å². The van der Waals surface area contributed by atoms with Gasteiger partial charge in [-0.2, -0.15) is 0 Å². The highest BCUT2D eigenvalue weighted by molar-refractivity contribution is 5.70. The van der Waals surface area contributed by atoms with E-state index in [9.17, 15) is 29.7 Å². The number of carboxylic acids is 3. The lowest BCUT2D eigenvalue weighted by molar-refractivity contribution is -0.311. The summed E-state index contributed by atoms with van der Waals surface area (Å²) < 4.78 is 0. The molecule has 0 aliphatic carbocycles. The Morgan fingerprint density at radius 1 is 0.938 bits per heavy atom. The van der Waals surface area contributed by atoms with Crippen molar-refractivity contribution in [1.82, 2.24) is 10.2 Å². The van der Waals surface area contributed by atoms with E-state index in [1.165, 1.54) is 0 Å². The Labute approximate surface area is 91.5 Å². The number of rotatable bonds is 9. The zero-order valence-corrected chi connectivity index (χ0v) is 8.43. The van der Waals surface area contributed by atoms with Crippen LogP contribution in [0, 0.1) is 0 Å². The van der Waals surface area contributed by atoms with Crippen LogP contribution >= 0.6 is 0 Å². The summed E-state index contributed by atoms with van der Waals surface area (Å²) in [7, 11) is 0. The number of carbonyl (C=O) groups is 3. The number of hydrogen-bond donors (Lipinski definition) is 1. The van der Waals surface area contributed by atoms with Crippen molar-refractivity contribution >= 4 is 17.9 Å². The van der Waals surface area contributed by atoms with Crippen molar-refractivity contribution in [2.45, 2.75) is 0 Å². The van der Waals surface area contributed by atoms with E-state index in [4.69, 9.17) is 0 Å². The van der Waals surface area contributed by atoms with Crippen molar-refractivity contribution in [3.63, 3.8) is 0 Å². The van der Waals surface area contributed by atoms with Crippen molar-refractivity contribution in [3.05, 3.63) is 0 Å². The fourth-order valence-electron chi connectivity index (χ4n) is 1.01. The summed E-state index contributed by atoms with van der Waals surface area (Å²) in [4.78, 5) is 31.5. The van der Waals surface area contributed by atoms with Crippen LogP contribution in [0.1, 0.15) is 0 Å². The van der Waals surface area contributed by atoms with Crippen LogP contribution in [0.5, 0.6) is 0 Å². The van der Waals surface area contributed by atoms with Crippen molar-refractivity contribution in [2.24, 2.45) is 0 Å². The van der Waals surface area contributed by atoms with Crippen molar-refractivity contribution in [1.29, 1.82) is 0 Å². The first-order valence-electron chi connectivity index (χ1n) is 4.44. The molecule has 0 fully saturated rings. The van der Waals surface area contributed by atoms with Crippen LogP contribution in [0.25, 0.3) is 0 Å². The fourth-order valence-corrected chi connectivity index (χ4v) is 1.01. The molecule has 0 radical (unpaired) electrons. The standard InChI is InChI=1S/C8H14N2O6/c11-6(12)3-9-1-2-10(4-7(13)14)5-8(15)16/h9H,1-5H2,(H,11,12)(H,13,14)(H,15,16)/p-3. The van der Waals surface area contributed by atoms with E-state index in [-0.39, 0.29) is 19.6 Å². The molecular weight excluding hydrogens is 220 g/mol. The molecule has 8 nitrogen and oxygen atoms in total. The summed E-state index contributed by atoms with van der Waals surface area (Å²) in [6.45, 7) is -1.32. The topological polar surface area (TPSA) is 136 Å². The minimum Gasteiger partial charge on any atom is -0.549 e. The van der Waals surface area contributed by atoms with Gasteiger partial charge in [-0.05, 0) is 0 Å². The first kappa shape index (κ1) is 14.3. The van der Waals surface area contributed by atoms with E-state index in [1.54, 1.807) is 0 Å². The molecular formula is C8H11N2O6-3. The number of carboxylic acid groups (broad SMARTS) is 3. The summed E-state index contributed by atoms with van der Waals surface area (Å²) in [5.41, 5.74) is 0. The van der Waals surface area contributed by atoms with Gasteiger partial charge >= 0.3 is 0 Å². The quantitative estimate of drug-likeness (QED) is 0.387. The second kappa shape index (κ2) is 7.60. The van der Waals surface area contributed by atoms with Crippen LogP contribution in [0.4, 0.5) is 0 Å². The molecule has 0 aliphatic rings. The van der Waals surface area contributed by atoms with Gasteiger partial charge in [-0.25, -0.2) is 0 Å². The van der Waals surface area contributed by atoms with Gasteiger partial charge in [0.2, 0.25) is 0 Å². The van der Waals surface area contributed by atoms with Gasteiger partial charge in [-0.1, -0.05) is 0 Å². The van der Waals surface area contributed by atoms with Gasteiger partial charge in [0.15, 0.2) is 0 Å². The average molecular weight is 231 g/mol. The molecule has 0 unspecified atom stereocenters. The molecule has 0 spiro atoms. The third-order valence-corrected chi connectivity index (χ3v) is 1.58. The zero-order valence-electron chi connectivity index (χ0n) is 8.43. The van der Waals surface area contributed by atoms with E-state index < -0.39 is 31.0 Å². The van der Waals surface area contributed by atoms with Crippen molar-refractivity contribution < 1.29 is 29.7 Å². The predicted octanol–water partition coefficient (Wildman–Crippen LogP) is -5.87. The van der Waals surface area contributed by atoms with Gasteiger partial charge in [0.1, 0.15) is 0 Å². The van der Waals surface area contributed by atoms with Crippen LogP contribution in [-0.2, 0) is 14.4 Å². The molecule has 0 amide bonds. The molecule has 0 rings (SSSR count). The van der Waals surface area contributed by atoms with E-state index in [1.807, 2.05) is 0 Å². The van der Waals surface area contributed by atoms with E-state index in [0.717, 1.165) is 4.90 Å². The Morgan fingerprint density at radius 3 is 1.81 bits per heavy atom. The molecule has 16 heavy (non-hydrogen) atoms. The smallest absolute Gasteiger partial charge is 0.0555 e. The van der Waals surface area contributed by atoms with Crippen molar-refractivity contribution in [2.75, 3.05) is 32.7 Å². The number of aliphatic carboxylic acids is 3. The molecule has 0 aromatic heterocycles. The largest absolute Gasteiger partial charge is 0.549 e. The lowest BCUT2D eigenvalue weighted by atomic mass is 10.4. The molecule has 0 aromatic carbocycles. The minimum absolute atomic E-state index is 0.0508. The minimum atomic E-state index is -1.42. The first-order chi connectivity index (χ1) is 7.41. The Hall–Kier alpha value is -1.67. The SMILES string of the molecule is O=C([O-])CNCCN(CC(=O)[O-])CC(=O)[O-]. The molecule has 0 bridgehead atoms. The number of carbonyl (C=O) groups excluding carboxylic acids is 3. The maximum atomic E-state index is 10.2. The predicted molar refractivity (Wildman–Crippen MR) is 44.3 cm³/mol. The van der Waals surface area contributed by atoms with Crippen molar-refractivity contribution in [3.8, 4) is 0 Å². The van der Waals surface area contributed by atoms with Gasteiger partial charge in [0, 0.05) is 32.7 Å². The average Bonchev–Trinajstić information content (AvgIpc) is 2.09. The fraction of sp³-hybridized carbons (Fsp3) is 0.625. The molecule has 8 heteroatoms. The normalized spacial score (nSPS) is 10.3. The Bertz CT molecular complexity index is 251. The van der Waals surface area contributed by atoms with E-state index in [2.05, 4.69) is 5.32 Å². The second-order valence-electron chi connectivity index (χ2n) is 3.00. The highest BCUT2D eigenvalue weighted by Crippen LogP contribution is 1.85. The lowest BCUT2D eigenvalue weighted by Gasteiger charge is -2.23. The summed E-state index contributed by atoms with van der Waals surface area (Å²) in [5.74, 6) is -4.13. The van der Waals surface area contributed by atoms with Gasteiger partial charge in [-0.15, -0.1) is 0 Å². The number of nitrogens with one attached hydrogen (secondary N) is 1. The number of hydrogen-bond acceptors (Lipinski definition) is 8. The summed E-state index contributed by atoms with van der Waals surface area (Å²) in [6.07, 6.45) is 0. The van der Waals surface area contributed by atoms with E-state index in [0.29, 0.717) is 0 Å². The highest BCUT2D eigenvalue weighted by Gasteiger charge is 2.04. The number of nitrogens with zero attached hydrogens (tertiary/aromatic N) is 1. The molecule has 0 aromatic rings. The molecule has 92 valence electrons. The Balaban J connectivity index is 3.86. The van der Waals surface area contributed by atoms with Gasteiger partial charge in [0.25, 0.3) is 0 Å². The Kier molecular flexibility index (Phi) is 6.81. The molecule has 0 heterocycles. The first-order valence-corrected chi connectivity index (χ1v) is 4.44. The van der Waals surface area contributed by atoms with Crippen LogP contribution in [0.3, 0.4) is 0 Å². The second-order valence-corrected chi connectivity index (χ2v) is 3.00. The zero-order chi connectivity index (χ0) is 12.6. The summed E-state index contributed by atoms with van der Waals surface area (Å²) in [6, 6.07) is 0. The monoisotopic (exact) mass is 231 g/mol.